The van der Waals surface area contributed by atoms with Gasteiger partial charge in [-0.1, -0.05) is 15.9 Å². The van der Waals surface area contributed by atoms with Crippen LogP contribution >= 0.6 is 15.9 Å². The molecule has 0 aromatic heterocycles. The minimum atomic E-state index is 0.288. The summed E-state index contributed by atoms with van der Waals surface area (Å²) < 4.78 is 10.2. The molecular formula is C9H20BrNO2. The lowest BCUT2D eigenvalue weighted by Gasteiger charge is -2.23. The van der Waals surface area contributed by atoms with Crippen LogP contribution in [0.4, 0.5) is 0 Å². The minimum absolute atomic E-state index is 0.288. The molecule has 0 saturated carbocycles. The van der Waals surface area contributed by atoms with E-state index in [1.807, 2.05) is 0 Å². The van der Waals surface area contributed by atoms with Crippen LogP contribution in [-0.4, -0.2) is 56.8 Å². The van der Waals surface area contributed by atoms with Crippen LogP contribution in [0.5, 0.6) is 0 Å². The number of hydrogen-bond donors (Lipinski definition) is 0. The molecule has 0 aliphatic heterocycles. The van der Waals surface area contributed by atoms with E-state index in [4.69, 9.17) is 9.47 Å². The molecular weight excluding hydrogens is 234 g/mol. The molecule has 0 rings (SSSR count). The molecule has 0 spiro atoms. The van der Waals surface area contributed by atoms with E-state index >= 15 is 0 Å². The summed E-state index contributed by atoms with van der Waals surface area (Å²) >= 11 is 3.43. The van der Waals surface area contributed by atoms with Gasteiger partial charge >= 0.3 is 0 Å². The lowest BCUT2D eigenvalue weighted by molar-refractivity contribution is 0.0672. The van der Waals surface area contributed by atoms with Crippen molar-refractivity contribution in [2.75, 3.05) is 45.8 Å². The van der Waals surface area contributed by atoms with Crippen molar-refractivity contribution in [1.82, 2.24) is 4.90 Å². The Hall–Kier alpha value is 0.360. The number of nitrogens with zero attached hydrogens (tertiary/aromatic N) is 1. The molecule has 0 aliphatic rings. The smallest absolute Gasteiger partial charge is 0.0670 e. The number of rotatable bonds is 8. The second-order valence-corrected chi connectivity index (χ2v) is 3.82. The SMILES string of the molecule is COCCN(CCBr)CC(C)OC. The summed E-state index contributed by atoms with van der Waals surface area (Å²) in [4.78, 5) is 2.33. The lowest BCUT2D eigenvalue weighted by Crippen LogP contribution is -2.35. The first-order valence-corrected chi connectivity index (χ1v) is 5.66. The zero-order chi connectivity index (χ0) is 10.1. The number of halogens is 1. The minimum Gasteiger partial charge on any atom is -0.383 e. The zero-order valence-electron chi connectivity index (χ0n) is 8.75. The molecule has 0 bridgehead atoms. The van der Waals surface area contributed by atoms with Gasteiger partial charge in [0.15, 0.2) is 0 Å². The number of hydrogen-bond acceptors (Lipinski definition) is 3. The van der Waals surface area contributed by atoms with Crippen LogP contribution in [0, 0.1) is 0 Å². The second kappa shape index (κ2) is 8.94. The van der Waals surface area contributed by atoms with Gasteiger partial charge in [-0.15, -0.1) is 0 Å². The van der Waals surface area contributed by atoms with E-state index in [-0.39, 0.29) is 6.10 Å². The molecule has 0 fully saturated rings. The van der Waals surface area contributed by atoms with Crippen molar-refractivity contribution in [3.8, 4) is 0 Å². The molecule has 4 heteroatoms. The fourth-order valence-electron chi connectivity index (χ4n) is 1.07. The average Bonchev–Trinajstić information content (AvgIpc) is 2.14. The standard InChI is InChI=1S/C9H20BrNO2/c1-9(13-3)8-11(5-4-10)6-7-12-2/h9H,4-8H2,1-3H3. The monoisotopic (exact) mass is 253 g/mol. The highest BCUT2D eigenvalue weighted by molar-refractivity contribution is 9.09. The van der Waals surface area contributed by atoms with Crippen LogP contribution in [0.25, 0.3) is 0 Å². The summed E-state index contributed by atoms with van der Waals surface area (Å²) in [5.41, 5.74) is 0. The van der Waals surface area contributed by atoms with Gasteiger partial charge in [-0.25, -0.2) is 0 Å². The molecule has 0 aromatic rings. The molecule has 0 aromatic carbocycles. The van der Waals surface area contributed by atoms with Gasteiger partial charge in [0.1, 0.15) is 0 Å². The Morgan fingerprint density at radius 3 is 2.46 bits per heavy atom. The van der Waals surface area contributed by atoms with Crippen LogP contribution in [-0.2, 0) is 9.47 Å². The van der Waals surface area contributed by atoms with E-state index in [1.54, 1.807) is 14.2 Å². The zero-order valence-corrected chi connectivity index (χ0v) is 10.3. The molecule has 0 amide bonds. The summed E-state index contributed by atoms with van der Waals surface area (Å²) in [5, 5.41) is 0.993. The van der Waals surface area contributed by atoms with Crippen molar-refractivity contribution in [2.45, 2.75) is 13.0 Å². The predicted molar refractivity (Wildman–Crippen MR) is 58.6 cm³/mol. The summed E-state index contributed by atoms with van der Waals surface area (Å²) in [7, 11) is 3.47. The Labute approximate surface area is 89.5 Å². The van der Waals surface area contributed by atoms with Gasteiger partial charge in [-0.2, -0.15) is 0 Å². The van der Waals surface area contributed by atoms with Gasteiger partial charge in [0.2, 0.25) is 0 Å². The third-order valence-electron chi connectivity index (χ3n) is 1.93. The summed E-state index contributed by atoms with van der Waals surface area (Å²) in [6.07, 6.45) is 0.288. The summed E-state index contributed by atoms with van der Waals surface area (Å²) in [5.74, 6) is 0. The molecule has 13 heavy (non-hydrogen) atoms. The molecule has 80 valence electrons. The van der Waals surface area contributed by atoms with Gasteiger partial charge in [0.05, 0.1) is 12.7 Å². The van der Waals surface area contributed by atoms with Crippen LogP contribution in [0.2, 0.25) is 0 Å². The topological polar surface area (TPSA) is 21.7 Å². The van der Waals surface area contributed by atoms with Crippen LogP contribution < -0.4 is 0 Å². The Bertz CT molecular complexity index is 114. The van der Waals surface area contributed by atoms with Crippen LogP contribution in [0.15, 0.2) is 0 Å². The fourth-order valence-corrected chi connectivity index (χ4v) is 1.57. The highest BCUT2D eigenvalue weighted by atomic mass is 79.9. The molecule has 0 radical (unpaired) electrons. The van der Waals surface area contributed by atoms with Gasteiger partial charge < -0.3 is 9.47 Å². The Morgan fingerprint density at radius 2 is 2.00 bits per heavy atom. The first-order valence-electron chi connectivity index (χ1n) is 4.54. The van der Waals surface area contributed by atoms with Crippen molar-refractivity contribution in [3.63, 3.8) is 0 Å². The maximum absolute atomic E-state index is 5.21. The lowest BCUT2D eigenvalue weighted by atomic mass is 10.3. The maximum Gasteiger partial charge on any atom is 0.0670 e. The molecule has 0 N–H and O–H groups in total. The summed E-state index contributed by atoms with van der Waals surface area (Å²) in [6.45, 7) is 5.83. The molecule has 3 nitrogen and oxygen atoms in total. The number of ether oxygens (including phenoxy) is 2. The van der Waals surface area contributed by atoms with E-state index in [2.05, 4.69) is 27.8 Å². The van der Waals surface area contributed by atoms with Crippen molar-refractivity contribution in [3.05, 3.63) is 0 Å². The van der Waals surface area contributed by atoms with Gasteiger partial charge in [-0.05, 0) is 6.92 Å². The van der Waals surface area contributed by atoms with Gasteiger partial charge in [0.25, 0.3) is 0 Å². The fraction of sp³-hybridized carbons (Fsp3) is 1.00. The van der Waals surface area contributed by atoms with Gasteiger partial charge in [-0.3, -0.25) is 4.90 Å². The largest absolute Gasteiger partial charge is 0.383 e. The Balaban J connectivity index is 3.65. The highest BCUT2D eigenvalue weighted by Crippen LogP contribution is 1.97. The molecule has 0 saturated heterocycles. The van der Waals surface area contributed by atoms with Crippen molar-refractivity contribution >= 4 is 15.9 Å². The van der Waals surface area contributed by atoms with E-state index in [0.717, 1.165) is 31.6 Å². The Morgan fingerprint density at radius 1 is 1.31 bits per heavy atom. The molecule has 0 heterocycles. The van der Waals surface area contributed by atoms with E-state index in [1.165, 1.54) is 0 Å². The molecule has 0 aliphatic carbocycles. The van der Waals surface area contributed by atoms with Crippen LogP contribution in [0.3, 0.4) is 0 Å². The predicted octanol–water partition coefficient (Wildman–Crippen LogP) is 1.36. The second-order valence-electron chi connectivity index (χ2n) is 3.03. The highest BCUT2D eigenvalue weighted by Gasteiger charge is 2.08. The van der Waals surface area contributed by atoms with Crippen molar-refractivity contribution < 1.29 is 9.47 Å². The van der Waals surface area contributed by atoms with Crippen molar-refractivity contribution in [2.24, 2.45) is 0 Å². The first kappa shape index (κ1) is 13.4. The Kier molecular flexibility index (Phi) is 9.18. The third-order valence-corrected chi connectivity index (χ3v) is 2.28. The first-order chi connectivity index (χ1) is 6.24. The number of methoxy groups -OCH3 is 2. The quantitative estimate of drug-likeness (QED) is 0.610. The number of alkyl halides is 1. The van der Waals surface area contributed by atoms with Crippen LogP contribution in [0.1, 0.15) is 6.92 Å². The molecule has 1 atom stereocenters. The van der Waals surface area contributed by atoms with E-state index in [0.29, 0.717) is 0 Å². The average molecular weight is 254 g/mol. The van der Waals surface area contributed by atoms with Gasteiger partial charge in [0, 0.05) is 39.2 Å². The normalized spacial score (nSPS) is 13.6. The van der Waals surface area contributed by atoms with E-state index in [9.17, 15) is 0 Å². The van der Waals surface area contributed by atoms with E-state index < -0.39 is 0 Å². The molecule has 1 unspecified atom stereocenters. The van der Waals surface area contributed by atoms with Crippen molar-refractivity contribution in [1.29, 1.82) is 0 Å². The maximum atomic E-state index is 5.21. The summed E-state index contributed by atoms with van der Waals surface area (Å²) in [6, 6.07) is 0. The third kappa shape index (κ3) is 7.43.